The van der Waals surface area contributed by atoms with Crippen molar-refractivity contribution in [3.05, 3.63) is 30.1 Å². The molecule has 0 saturated carbocycles. The molecule has 5 heteroatoms. The first kappa shape index (κ1) is 10.6. The molecule has 1 heterocycles. The summed E-state index contributed by atoms with van der Waals surface area (Å²) < 4.78 is 0. The molecule has 1 unspecified atom stereocenters. The lowest BCUT2D eigenvalue weighted by atomic mass is 9.95. The zero-order chi connectivity index (χ0) is 10.6. The van der Waals surface area contributed by atoms with Gasteiger partial charge in [0, 0.05) is 18.8 Å². The lowest BCUT2D eigenvalue weighted by Crippen LogP contribution is -2.54. The Morgan fingerprint density at radius 1 is 1.79 bits per heavy atom. The Hall–Kier alpha value is -1.46. The monoisotopic (exact) mass is 195 g/mol. The molecule has 0 spiro atoms. The molecule has 76 valence electrons. The lowest BCUT2D eigenvalue weighted by molar-refractivity contribution is -0.144. The van der Waals surface area contributed by atoms with Gasteiger partial charge in [0.2, 0.25) is 0 Å². The van der Waals surface area contributed by atoms with Crippen LogP contribution in [0.1, 0.15) is 12.5 Å². The topological polar surface area (TPSA) is 88.2 Å². The van der Waals surface area contributed by atoms with Crippen LogP contribution in [0.2, 0.25) is 0 Å². The number of hydrogen-bond acceptors (Lipinski definition) is 4. The molecule has 0 aliphatic carbocycles. The Bertz CT molecular complexity index is 315. The van der Waals surface area contributed by atoms with Crippen LogP contribution >= 0.6 is 0 Å². The normalized spacial score (nSPS) is 14.7. The van der Waals surface area contributed by atoms with Gasteiger partial charge < -0.3 is 5.11 Å². The molecule has 1 rings (SSSR count). The number of pyridine rings is 1. The Morgan fingerprint density at radius 3 is 2.93 bits per heavy atom. The molecule has 4 N–H and O–H groups in total. The SMILES string of the molecule is CC(Cc1cccnc1)(NN)C(=O)O. The fourth-order valence-corrected chi connectivity index (χ4v) is 1.10. The molecule has 14 heavy (non-hydrogen) atoms. The van der Waals surface area contributed by atoms with Gasteiger partial charge in [-0.3, -0.25) is 15.6 Å². The second-order valence-corrected chi connectivity index (χ2v) is 3.32. The number of carbonyl (C=O) groups is 1. The molecule has 0 fully saturated rings. The van der Waals surface area contributed by atoms with Crippen LogP contribution in [0.3, 0.4) is 0 Å². The Balaban J connectivity index is 2.81. The molecule has 1 aromatic heterocycles. The largest absolute Gasteiger partial charge is 0.480 e. The van der Waals surface area contributed by atoms with Crippen LogP contribution in [0.25, 0.3) is 0 Å². The number of nitrogens with two attached hydrogens (primary N) is 1. The predicted molar refractivity (Wildman–Crippen MR) is 51.3 cm³/mol. The highest BCUT2D eigenvalue weighted by Gasteiger charge is 2.31. The van der Waals surface area contributed by atoms with Gasteiger partial charge in [-0.1, -0.05) is 6.07 Å². The van der Waals surface area contributed by atoms with Crippen LogP contribution in [0, 0.1) is 0 Å². The summed E-state index contributed by atoms with van der Waals surface area (Å²) in [5.74, 6) is 4.22. The summed E-state index contributed by atoms with van der Waals surface area (Å²) in [5.41, 5.74) is 1.98. The first-order valence-electron chi connectivity index (χ1n) is 4.18. The summed E-state index contributed by atoms with van der Waals surface area (Å²) in [7, 11) is 0. The van der Waals surface area contributed by atoms with Gasteiger partial charge in [-0.15, -0.1) is 0 Å². The van der Waals surface area contributed by atoms with Gasteiger partial charge in [0.1, 0.15) is 5.54 Å². The second-order valence-electron chi connectivity index (χ2n) is 3.32. The van der Waals surface area contributed by atoms with Crippen molar-refractivity contribution in [1.29, 1.82) is 0 Å². The van der Waals surface area contributed by atoms with E-state index in [1.54, 1.807) is 18.5 Å². The number of aliphatic carboxylic acids is 1. The zero-order valence-corrected chi connectivity index (χ0v) is 7.90. The van der Waals surface area contributed by atoms with E-state index in [0.29, 0.717) is 6.42 Å². The third-order valence-corrected chi connectivity index (χ3v) is 2.07. The minimum Gasteiger partial charge on any atom is -0.480 e. The minimum atomic E-state index is -1.15. The van der Waals surface area contributed by atoms with Gasteiger partial charge in [0.15, 0.2) is 0 Å². The van der Waals surface area contributed by atoms with Gasteiger partial charge in [-0.25, -0.2) is 5.43 Å². The first-order valence-corrected chi connectivity index (χ1v) is 4.18. The highest BCUT2D eigenvalue weighted by molar-refractivity contribution is 5.78. The Labute approximate surface area is 81.9 Å². The standard InChI is InChI=1S/C9H13N3O2/c1-9(12-10,8(13)14)5-7-3-2-4-11-6-7/h2-4,6,12H,5,10H2,1H3,(H,13,14). The van der Waals surface area contributed by atoms with Crippen LogP contribution in [0.15, 0.2) is 24.5 Å². The first-order chi connectivity index (χ1) is 6.58. The van der Waals surface area contributed by atoms with Crippen LogP contribution in [-0.2, 0) is 11.2 Å². The molecule has 5 nitrogen and oxygen atoms in total. The number of nitrogens with zero attached hydrogens (tertiary/aromatic N) is 1. The summed E-state index contributed by atoms with van der Waals surface area (Å²) in [6, 6.07) is 3.57. The van der Waals surface area contributed by atoms with E-state index < -0.39 is 11.5 Å². The van der Waals surface area contributed by atoms with Crippen LogP contribution < -0.4 is 11.3 Å². The number of aromatic nitrogens is 1. The predicted octanol–water partition coefficient (Wildman–Crippen LogP) is -0.0693. The molecule has 0 aromatic carbocycles. The number of rotatable bonds is 4. The maximum atomic E-state index is 10.9. The van der Waals surface area contributed by atoms with Crippen molar-refractivity contribution in [3.8, 4) is 0 Å². The van der Waals surface area contributed by atoms with E-state index in [0.717, 1.165) is 5.56 Å². The van der Waals surface area contributed by atoms with Gasteiger partial charge >= 0.3 is 5.97 Å². The van der Waals surface area contributed by atoms with E-state index in [4.69, 9.17) is 10.9 Å². The van der Waals surface area contributed by atoms with Crippen molar-refractivity contribution in [1.82, 2.24) is 10.4 Å². The van der Waals surface area contributed by atoms with E-state index in [2.05, 4.69) is 10.4 Å². The van der Waals surface area contributed by atoms with E-state index in [-0.39, 0.29) is 0 Å². The molecule has 0 radical (unpaired) electrons. The van der Waals surface area contributed by atoms with Gasteiger partial charge in [-0.05, 0) is 18.6 Å². The second kappa shape index (κ2) is 4.17. The van der Waals surface area contributed by atoms with E-state index >= 15 is 0 Å². The van der Waals surface area contributed by atoms with Gasteiger partial charge in [0.25, 0.3) is 0 Å². The van der Waals surface area contributed by atoms with Crippen molar-refractivity contribution in [2.45, 2.75) is 18.9 Å². The molecule has 0 saturated heterocycles. The van der Waals surface area contributed by atoms with E-state index in [1.165, 1.54) is 6.92 Å². The molecule has 0 aliphatic heterocycles. The number of hydrazine groups is 1. The van der Waals surface area contributed by atoms with Gasteiger partial charge in [-0.2, -0.15) is 0 Å². The zero-order valence-electron chi connectivity index (χ0n) is 7.90. The smallest absolute Gasteiger partial charge is 0.325 e. The highest BCUT2D eigenvalue weighted by Crippen LogP contribution is 2.11. The average molecular weight is 195 g/mol. The molecule has 1 atom stereocenters. The fraction of sp³-hybridized carbons (Fsp3) is 0.333. The molecular formula is C9H13N3O2. The summed E-state index contributed by atoms with van der Waals surface area (Å²) in [5, 5.41) is 8.93. The van der Waals surface area contributed by atoms with E-state index in [9.17, 15) is 4.79 Å². The van der Waals surface area contributed by atoms with Crippen molar-refractivity contribution in [3.63, 3.8) is 0 Å². The number of carboxylic acid groups (broad SMARTS) is 1. The highest BCUT2D eigenvalue weighted by atomic mass is 16.4. The Morgan fingerprint density at radius 2 is 2.50 bits per heavy atom. The molecule has 1 aromatic rings. The quantitative estimate of drug-likeness (QED) is 0.462. The fourth-order valence-electron chi connectivity index (χ4n) is 1.10. The lowest BCUT2D eigenvalue weighted by Gasteiger charge is -2.23. The molecular weight excluding hydrogens is 182 g/mol. The summed E-state index contributed by atoms with van der Waals surface area (Å²) in [4.78, 5) is 14.8. The van der Waals surface area contributed by atoms with Crippen molar-refractivity contribution in [2.24, 2.45) is 5.84 Å². The van der Waals surface area contributed by atoms with Gasteiger partial charge in [0.05, 0.1) is 0 Å². The van der Waals surface area contributed by atoms with Crippen molar-refractivity contribution < 1.29 is 9.90 Å². The molecule has 0 aliphatic rings. The third-order valence-electron chi connectivity index (χ3n) is 2.07. The maximum Gasteiger partial charge on any atom is 0.325 e. The van der Waals surface area contributed by atoms with E-state index in [1.807, 2.05) is 6.07 Å². The van der Waals surface area contributed by atoms with Crippen LogP contribution in [-0.4, -0.2) is 21.6 Å². The molecule has 0 amide bonds. The molecule has 0 bridgehead atoms. The summed E-state index contributed by atoms with van der Waals surface area (Å²) in [6.45, 7) is 1.53. The van der Waals surface area contributed by atoms with Crippen LogP contribution in [0.5, 0.6) is 0 Å². The minimum absolute atomic E-state index is 0.298. The van der Waals surface area contributed by atoms with Crippen molar-refractivity contribution >= 4 is 5.97 Å². The maximum absolute atomic E-state index is 10.9. The number of nitrogens with one attached hydrogen (secondary N) is 1. The Kier molecular flexibility index (Phi) is 3.16. The van der Waals surface area contributed by atoms with Crippen LogP contribution in [0.4, 0.5) is 0 Å². The average Bonchev–Trinajstić information content (AvgIpc) is 2.19. The third kappa shape index (κ3) is 2.27. The summed E-state index contributed by atoms with van der Waals surface area (Å²) >= 11 is 0. The summed E-state index contributed by atoms with van der Waals surface area (Å²) in [6.07, 6.45) is 3.56. The number of carboxylic acids is 1. The van der Waals surface area contributed by atoms with Crippen molar-refractivity contribution in [2.75, 3.05) is 0 Å². The number of hydrogen-bond donors (Lipinski definition) is 3.